The molecule has 0 bridgehead atoms. The zero-order chi connectivity index (χ0) is 19.8. The summed E-state index contributed by atoms with van der Waals surface area (Å²) in [5, 5.41) is 4.08. The molecule has 11 nitrogen and oxygen atoms in total. The molecule has 0 aliphatic heterocycles. The van der Waals surface area contributed by atoms with Crippen LogP contribution in [0.2, 0.25) is 0 Å². The Bertz CT molecular complexity index is 1240. The van der Waals surface area contributed by atoms with Crippen molar-refractivity contribution in [1.29, 1.82) is 0 Å². The lowest BCUT2D eigenvalue weighted by Crippen LogP contribution is -2.29. The van der Waals surface area contributed by atoms with E-state index in [-0.39, 0.29) is 29.5 Å². The maximum Gasteiger partial charge on any atom is 0.349 e. The van der Waals surface area contributed by atoms with Crippen molar-refractivity contribution in [2.75, 3.05) is 18.7 Å². The second-order valence-corrected chi connectivity index (χ2v) is 5.96. The van der Waals surface area contributed by atoms with Crippen molar-refractivity contribution in [2.45, 2.75) is 6.54 Å². The van der Waals surface area contributed by atoms with Crippen molar-refractivity contribution in [3.63, 3.8) is 0 Å². The van der Waals surface area contributed by atoms with Crippen LogP contribution in [0.15, 0.2) is 47.5 Å². The van der Waals surface area contributed by atoms with E-state index in [1.165, 1.54) is 16.4 Å². The molecule has 0 atom stereocenters. The molecule has 0 spiro atoms. The van der Waals surface area contributed by atoms with Crippen LogP contribution in [0.4, 0.5) is 5.82 Å². The molecule has 0 unspecified atom stereocenters. The average Bonchev–Trinajstić information content (AvgIpc) is 3.31. The third-order valence-corrected chi connectivity index (χ3v) is 4.21. The fraction of sp³-hybridized carbons (Fsp3) is 0.118. The normalized spacial score (nSPS) is 11.0. The van der Waals surface area contributed by atoms with E-state index in [1.807, 2.05) is 0 Å². The summed E-state index contributed by atoms with van der Waals surface area (Å²) < 4.78 is 8.42. The molecule has 0 saturated carbocycles. The molecule has 0 fully saturated rings. The van der Waals surface area contributed by atoms with Gasteiger partial charge in [0.2, 0.25) is 0 Å². The average molecular weight is 380 g/mol. The number of benzene rings is 1. The number of anilines is 1. The quantitative estimate of drug-likeness (QED) is 0.368. The molecule has 0 amide bonds. The predicted octanol–water partition coefficient (Wildman–Crippen LogP) is -0.0904. The van der Waals surface area contributed by atoms with Crippen LogP contribution < -0.4 is 17.3 Å². The Morgan fingerprint density at radius 3 is 2.79 bits per heavy atom. The Kier molecular flexibility index (Phi) is 4.03. The first-order valence-corrected chi connectivity index (χ1v) is 8.20. The number of aromatic nitrogens is 6. The van der Waals surface area contributed by atoms with Gasteiger partial charge in [0.25, 0.3) is 5.95 Å². The molecular formula is C17H16N8O3. The largest absolute Gasteiger partial charge is 0.465 e. The number of nitrogens with two attached hydrogens (primary N) is 2. The van der Waals surface area contributed by atoms with Crippen molar-refractivity contribution in [3.05, 3.63) is 64.3 Å². The second-order valence-electron chi connectivity index (χ2n) is 5.96. The van der Waals surface area contributed by atoms with Gasteiger partial charge >= 0.3 is 11.7 Å². The van der Waals surface area contributed by atoms with Crippen molar-refractivity contribution >= 4 is 23.0 Å². The van der Waals surface area contributed by atoms with Crippen molar-refractivity contribution in [2.24, 2.45) is 0 Å². The summed E-state index contributed by atoms with van der Waals surface area (Å²) in [7, 11) is 1.30. The molecule has 1 aromatic carbocycles. The number of hydrogen-bond donors (Lipinski definition) is 2. The molecule has 0 aliphatic carbocycles. The third-order valence-electron chi connectivity index (χ3n) is 4.21. The lowest BCUT2D eigenvalue weighted by molar-refractivity contribution is 0.0600. The van der Waals surface area contributed by atoms with Gasteiger partial charge in [0.05, 0.1) is 19.2 Å². The number of fused-ring (bicyclic) bond motifs is 1. The van der Waals surface area contributed by atoms with Crippen LogP contribution >= 0.6 is 0 Å². The Morgan fingerprint density at radius 2 is 2.07 bits per heavy atom. The third kappa shape index (κ3) is 2.74. The van der Waals surface area contributed by atoms with Gasteiger partial charge in [-0.2, -0.15) is 15.1 Å². The minimum atomic E-state index is -0.517. The summed E-state index contributed by atoms with van der Waals surface area (Å²) in [5.74, 6) is 5.68. The topological polar surface area (TPSA) is 149 Å². The first kappa shape index (κ1) is 17.3. The molecule has 0 radical (unpaired) electrons. The van der Waals surface area contributed by atoms with E-state index in [9.17, 15) is 9.59 Å². The van der Waals surface area contributed by atoms with Crippen LogP contribution in [0.5, 0.6) is 0 Å². The van der Waals surface area contributed by atoms with Gasteiger partial charge in [-0.05, 0) is 23.8 Å². The fourth-order valence-electron chi connectivity index (χ4n) is 2.91. The van der Waals surface area contributed by atoms with E-state index >= 15 is 0 Å². The number of rotatable bonds is 4. The summed E-state index contributed by atoms with van der Waals surface area (Å²) in [6, 6.07) is 8.45. The number of imidazole rings is 1. The Labute approximate surface area is 157 Å². The molecule has 4 N–H and O–H groups in total. The molecule has 28 heavy (non-hydrogen) atoms. The molecule has 11 heteroatoms. The van der Waals surface area contributed by atoms with Crippen LogP contribution in [-0.2, 0) is 11.3 Å². The van der Waals surface area contributed by atoms with Crippen molar-refractivity contribution in [1.82, 2.24) is 29.0 Å². The SMILES string of the molecule is COC(=O)c1cccc(Cn2c(=O)n(N)c3c(N)nc(-n4cccn4)nc32)c1. The Hall–Kier alpha value is -4.15. The number of esters is 1. The number of carbonyl (C=O) groups excluding carboxylic acids is 1. The highest BCUT2D eigenvalue weighted by Gasteiger charge is 2.19. The highest BCUT2D eigenvalue weighted by Crippen LogP contribution is 2.18. The predicted molar refractivity (Wildman–Crippen MR) is 100 cm³/mol. The maximum atomic E-state index is 12.7. The van der Waals surface area contributed by atoms with E-state index in [1.54, 1.807) is 42.7 Å². The van der Waals surface area contributed by atoms with Gasteiger partial charge < -0.3 is 16.3 Å². The van der Waals surface area contributed by atoms with E-state index in [2.05, 4.69) is 15.1 Å². The molecule has 0 aliphatic rings. The van der Waals surface area contributed by atoms with E-state index in [4.69, 9.17) is 16.3 Å². The van der Waals surface area contributed by atoms with Gasteiger partial charge in [-0.3, -0.25) is 4.57 Å². The van der Waals surface area contributed by atoms with E-state index in [0.717, 1.165) is 4.68 Å². The minimum absolute atomic E-state index is 0.0529. The van der Waals surface area contributed by atoms with Crippen molar-refractivity contribution in [3.8, 4) is 5.95 Å². The lowest BCUT2D eigenvalue weighted by Gasteiger charge is -2.07. The molecule has 0 saturated heterocycles. The van der Waals surface area contributed by atoms with Crippen LogP contribution in [-0.4, -0.2) is 42.1 Å². The number of nitrogen functional groups attached to an aromatic ring is 2. The summed E-state index contributed by atoms with van der Waals surface area (Å²) >= 11 is 0. The molecule has 3 heterocycles. The smallest absolute Gasteiger partial charge is 0.349 e. The van der Waals surface area contributed by atoms with Gasteiger partial charge in [-0.15, -0.1) is 0 Å². The number of nitrogens with zero attached hydrogens (tertiary/aromatic N) is 6. The highest BCUT2D eigenvalue weighted by molar-refractivity contribution is 5.89. The minimum Gasteiger partial charge on any atom is -0.465 e. The number of ether oxygens (including phenoxy) is 1. The van der Waals surface area contributed by atoms with Gasteiger partial charge in [-0.1, -0.05) is 12.1 Å². The number of hydrogen-bond acceptors (Lipinski definition) is 8. The van der Waals surface area contributed by atoms with Crippen molar-refractivity contribution < 1.29 is 9.53 Å². The van der Waals surface area contributed by atoms with Crippen LogP contribution in [0, 0.1) is 0 Å². The van der Waals surface area contributed by atoms with Crippen LogP contribution in [0.3, 0.4) is 0 Å². The van der Waals surface area contributed by atoms with Crippen LogP contribution in [0.1, 0.15) is 15.9 Å². The monoisotopic (exact) mass is 380 g/mol. The Balaban J connectivity index is 1.86. The molecule has 4 rings (SSSR count). The molecule has 4 aromatic rings. The number of methoxy groups -OCH3 is 1. The standard InChI is InChI=1S/C17H16N8O3/c1-28-15(26)11-5-2-4-10(8-11)9-23-14-12(25(19)17(23)27)13(18)21-16(22-14)24-7-3-6-20-24/h2-8H,9,19H2,1H3,(H2,18,21,22). The second kappa shape index (κ2) is 6.54. The summed E-state index contributed by atoms with van der Waals surface area (Å²) in [6.07, 6.45) is 3.23. The maximum absolute atomic E-state index is 12.7. The van der Waals surface area contributed by atoms with Crippen LogP contribution in [0.25, 0.3) is 17.1 Å². The van der Waals surface area contributed by atoms with Gasteiger partial charge in [0, 0.05) is 12.4 Å². The fourth-order valence-corrected chi connectivity index (χ4v) is 2.91. The number of carbonyl (C=O) groups is 1. The van der Waals surface area contributed by atoms with E-state index < -0.39 is 11.7 Å². The Morgan fingerprint density at radius 1 is 1.25 bits per heavy atom. The zero-order valence-electron chi connectivity index (χ0n) is 14.8. The van der Waals surface area contributed by atoms with Gasteiger partial charge in [0.15, 0.2) is 17.0 Å². The molecule has 142 valence electrons. The van der Waals surface area contributed by atoms with Gasteiger partial charge in [-0.25, -0.2) is 18.9 Å². The summed E-state index contributed by atoms with van der Waals surface area (Å²) in [6.45, 7) is 0.124. The summed E-state index contributed by atoms with van der Waals surface area (Å²) in [4.78, 5) is 33.0. The van der Waals surface area contributed by atoms with Gasteiger partial charge in [0.1, 0.15) is 0 Å². The first-order chi connectivity index (χ1) is 13.5. The molecule has 3 aromatic heterocycles. The highest BCUT2D eigenvalue weighted by atomic mass is 16.5. The first-order valence-electron chi connectivity index (χ1n) is 8.20. The summed E-state index contributed by atoms with van der Waals surface area (Å²) in [5.41, 5.74) is 7.03. The zero-order valence-corrected chi connectivity index (χ0v) is 14.8. The molecular weight excluding hydrogens is 364 g/mol. The van der Waals surface area contributed by atoms with E-state index in [0.29, 0.717) is 11.1 Å². The lowest BCUT2D eigenvalue weighted by atomic mass is 10.1.